The van der Waals surface area contributed by atoms with Crippen molar-refractivity contribution in [1.29, 1.82) is 0 Å². The third-order valence-electron chi connectivity index (χ3n) is 7.95. The molecule has 1 aromatic heterocycles. The van der Waals surface area contributed by atoms with Crippen molar-refractivity contribution in [3.8, 4) is 0 Å². The van der Waals surface area contributed by atoms with Gasteiger partial charge < -0.3 is 15.0 Å². The number of nitrogens with zero attached hydrogens (tertiary/aromatic N) is 1. The lowest BCUT2D eigenvalue weighted by Crippen LogP contribution is -2.13. The van der Waals surface area contributed by atoms with Gasteiger partial charge in [0, 0.05) is 46.5 Å². The minimum Gasteiger partial charge on any atom is -0.478 e. The molecule has 2 N–H and O–H groups in total. The first-order valence-electron chi connectivity index (χ1n) is 15.7. The van der Waals surface area contributed by atoms with Crippen LogP contribution in [0.5, 0.6) is 0 Å². The molecule has 5 nitrogen and oxygen atoms in total. The summed E-state index contributed by atoms with van der Waals surface area (Å²) in [6.45, 7) is 9.30. The van der Waals surface area contributed by atoms with Crippen molar-refractivity contribution in [1.82, 2.24) is 4.57 Å². The van der Waals surface area contributed by atoms with Crippen molar-refractivity contribution in [2.45, 2.75) is 53.1 Å². The molecule has 0 amide bonds. The monoisotopic (exact) mass is 598 g/mol. The minimum absolute atomic E-state index is 0.0801. The van der Waals surface area contributed by atoms with E-state index in [1.807, 2.05) is 59.3 Å². The van der Waals surface area contributed by atoms with Crippen LogP contribution in [0.25, 0.3) is 10.9 Å². The Morgan fingerprint density at radius 1 is 0.778 bits per heavy atom. The maximum Gasteiger partial charge on any atom is 0.328 e. The van der Waals surface area contributed by atoms with Crippen LogP contribution in [-0.4, -0.2) is 21.4 Å². The van der Waals surface area contributed by atoms with E-state index < -0.39 is 5.97 Å². The molecule has 5 aromatic rings. The molecule has 5 heteroatoms. The number of carbonyl (C=O) groups excluding carboxylic acids is 1. The topological polar surface area (TPSA) is 71.3 Å². The summed E-state index contributed by atoms with van der Waals surface area (Å²) in [5.41, 5.74) is 7.88. The van der Waals surface area contributed by atoms with Crippen LogP contribution in [0.3, 0.4) is 0 Å². The van der Waals surface area contributed by atoms with Gasteiger partial charge in [-0.2, -0.15) is 0 Å². The first-order valence-corrected chi connectivity index (χ1v) is 15.7. The number of fused-ring (bicyclic) bond motifs is 1. The van der Waals surface area contributed by atoms with Crippen molar-refractivity contribution >= 4 is 28.3 Å². The van der Waals surface area contributed by atoms with E-state index in [2.05, 4.69) is 81.5 Å². The maximum atomic E-state index is 13.9. The number of carboxylic acid groups (broad SMARTS) is 1. The van der Waals surface area contributed by atoms with Gasteiger partial charge in [0.25, 0.3) is 0 Å². The van der Waals surface area contributed by atoms with Crippen LogP contribution >= 0.6 is 0 Å². The lowest BCUT2D eigenvalue weighted by molar-refractivity contribution is -0.131. The number of allylic oxidation sites excluding steroid dienone is 1. The molecular weight excluding hydrogens is 556 g/mol. The van der Waals surface area contributed by atoms with Crippen molar-refractivity contribution in [2.75, 3.05) is 5.32 Å². The molecule has 45 heavy (non-hydrogen) atoms. The van der Waals surface area contributed by atoms with Crippen molar-refractivity contribution in [3.63, 3.8) is 0 Å². The number of hydrogen-bond acceptors (Lipinski definition) is 3. The van der Waals surface area contributed by atoms with Crippen molar-refractivity contribution < 1.29 is 14.7 Å². The molecule has 0 bridgehead atoms. The van der Waals surface area contributed by atoms with E-state index in [9.17, 15) is 9.59 Å². The minimum atomic E-state index is -0.997. The number of rotatable bonds is 13. The lowest BCUT2D eigenvalue weighted by atomic mass is 9.93. The number of carbonyl (C=O) groups is 2. The molecule has 1 heterocycles. The van der Waals surface area contributed by atoms with Crippen LogP contribution in [0, 0.1) is 11.8 Å². The number of hydrogen-bond donors (Lipinski definition) is 2. The van der Waals surface area contributed by atoms with Gasteiger partial charge in [-0.3, -0.25) is 4.79 Å². The van der Waals surface area contributed by atoms with Gasteiger partial charge in [0.05, 0.1) is 6.04 Å². The summed E-state index contributed by atoms with van der Waals surface area (Å²) in [5, 5.41) is 13.6. The van der Waals surface area contributed by atoms with Gasteiger partial charge in [-0.1, -0.05) is 113 Å². The van der Waals surface area contributed by atoms with E-state index in [1.54, 1.807) is 6.08 Å². The Morgan fingerprint density at radius 3 is 1.96 bits per heavy atom. The van der Waals surface area contributed by atoms with Crippen LogP contribution in [0.2, 0.25) is 0 Å². The van der Waals surface area contributed by atoms with Gasteiger partial charge in [-0.25, -0.2) is 4.79 Å². The average molecular weight is 599 g/mol. The van der Waals surface area contributed by atoms with Crippen LogP contribution in [0.1, 0.15) is 71.9 Å². The number of anilines is 1. The van der Waals surface area contributed by atoms with Gasteiger partial charge in [0.15, 0.2) is 5.78 Å². The fourth-order valence-corrected chi connectivity index (χ4v) is 5.91. The smallest absolute Gasteiger partial charge is 0.328 e. The molecule has 0 saturated carbocycles. The summed E-state index contributed by atoms with van der Waals surface area (Å²) in [4.78, 5) is 24.9. The van der Waals surface area contributed by atoms with Crippen LogP contribution in [-0.2, 0) is 24.2 Å². The summed E-state index contributed by atoms with van der Waals surface area (Å²) >= 11 is 0. The predicted octanol–water partition coefficient (Wildman–Crippen LogP) is 9.11. The zero-order chi connectivity index (χ0) is 31.9. The van der Waals surface area contributed by atoms with E-state index in [4.69, 9.17) is 5.11 Å². The Labute approximate surface area is 266 Å². The van der Waals surface area contributed by atoms with Gasteiger partial charge in [-0.05, 0) is 65.1 Å². The van der Waals surface area contributed by atoms with Crippen LogP contribution in [0.15, 0.2) is 115 Å². The molecule has 0 fully saturated rings. The Hall–Kier alpha value is -4.90. The highest BCUT2D eigenvalue weighted by Gasteiger charge is 2.19. The SMILES string of the molecule is CC(C)Cc1ccc(C(Nc2cccc(C(=O)c3cn(CC=CC(=O)O)c4ccccc34)c2)c2ccc(CC(C)C)cc2)cc1. The molecule has 0 spiro atoms. The Morgan fingerprint density at radius 2 is 1.38 bits per heavy atom. The molecular formula is C40H42N2O3. The zero-order valence-corrected chi connectivity index (χ0v) is 26.5. The van der Waals surface area contributed by atoms with Gasteiger partial charge in [-0.15, -0.1) is 0 Å². The molecule has 0 radical (unpaired) electrons. The van der Waals surface area contributed by atoms with E-state index in [0.29, 0.717) is 29.5 Å². The summed E-state index contributed by atoms with van der Waals surface area (Å²) in [6, 6.07) is 33.0. The third-order valence-corrected chi connectivity index (χ3v) is 7.95. The standard InChI is InChI=1S/C40H42N2O3/c1-27(2)23-29-14-18-31(19-15-29)39(32-20-16-30(17-21-32)24-28(3)4)41-34-10-7-9-33(25-34)40(45)36-26-42(22-8-13-38(43)44)37-12-6-5-11-35(36)37/h5-21,25-28,39,41H,22-24H2,1-4H3,(H,43,44). The first-order chi connectivity index (χ1) is 21.7. The van der Waals surface area contributed by atoms with E-state index >= 15 is 0 Å². The van der Waals surface area contributed by atoms with Crippen LogP contribution in [0.4, 0.5) is 5.69 Å². The average Bonchev–Trinajstić information content (AvgIpc) is 3.38. The number of ketones is 1. The highest BCUT2D eigenvalue weighted by molar-refractivity contribution is 6.16. The van der Waals surface area contributed by atoms with Crippen molar-refractivity contribution in [3.05, 3.63) is 149 Å². The Kier molecular flexibility index (Phi) is 9.99. The highest BCUT2D eigenvalue weighted by atomic mass is 16.4. The first kappa shape index (κ1) is 31.5. The number of para-hydroxylation sites is 1. The predicted molar refractivity (Wildman–Crippen MR) is 184 cm³/mol. The molecule has 230 valence electrons. The summed E-state index contributed by atoms with van der Waals surface area (Å²) in [7, 11) is 0. The maximum absolute atomic E-state index is 13.9. The molecule has 0 aliphatic carbocycles. The zero-order valence-electron chi connectivity index (χ0n) is 26.5. The summed E-state index contributed by atoms with van der Waals surface area (Å²) in [6.07, 6.45) is 6.60. The Bertz CT molecular complexity index is 1740. The van der Waals surface area contributed by atoms with E-state index in [1.165, 1.54) is 11.1 Å². The number of benzene rings is 4. The number of nitrogens with one attached hydrogen (secondary N) is 1. The molecule has 0 atom stereocenters. The number of carboxylic acids is 1. The van der Waals surface area contributed by atoms with Gasteiger partial charge in [0.2, 0.25) is 0 Å². The molecule has 0 saturated heterocycles. The lowest BCUT2D eigenvalue weighted by Gasteiger charge is -2.22. The number of aromatic nitrogens is 1. The molecule has 5 rings (SSSR count). The summed E-state index contributed by atoms with van der Waals surface area (Å²) < 4.78 is 1.91. The molecule has 0 unspecified atom stereocenters. The van der Waals surface area contributed by atoms with Crippen molar-refractivity contribution in [2.24, 2.45) is 11.8 Å². The second kappa shape index (κ2) is 14.3. The fourth-order valence-electron chi connectivity index (χ4n) is 5.91. The molecule has 4 aromatic carbocycles. The fraction of sp³-hybridized carbons (Fsp3) is 0.250. The van der Waals surface area contributed by atoms with E-state index in [0.717, 1.165) is 46.6 Å². The quantitative estimate of drug-likeness (QED) is 0.105. The van der Waals surface area contributed by atoms with Gasteiger partial charge >= 0.3 is 5.97 Å². The second-order valence-electron chi connectivity index (χ2n) is 12.6. The Balaban J connectivity index is 1.46. The van der Waals surface area contributed by atoms with E-state index in [-0.39, 0.29) is 11.8 Å². The number of aliphatic carboxylic acids is 1. The van der Waals surface area contributed by atoms with Gasteiger partial charge in [0.1, 0.15) is 0 Å². The highest BCUT2D eigenvalue weighted by Crippen LogP contribution is 2.30. The normalized spacial score (nSPS) is 11.7. The largest absolute Gasteiger partial charge is 0.478 e. The second-order valence-corrected chi connectivity index (χ2v) is 12.6. The summed E-state index contributed by atoms with van der Waals surface area (Å²) in [5.74, 6) is 0.106. The molecule has 0 aliphatic heterocycles. The molecule has 0 aliphatic rings. The van der Waals surface area contributed by atoms with Crippen LogP contribution < -0.4 is 5.32 Å². The third kappa shape index (κ3) is 7.98.